The molecule has 5 nitrogen and oxygen atoms in total. The van der Waals surface area contributed by atoms with Crippen LogP contribution in [0.3, 0.4) is 0 Å². The van der Waals surface area contributed by atoms with Gasteiger partial charge in [-0.15, -0.1) is 6.58 Å². The first-order chi connectivity index (χ1) is 12.0. The summed E-state index contributed by atoms with van der Waals surface area (Å²) in [6.45, 7) is 3.29. The topological polar surface area (TPSA) is 68.1 Å². The molecular weight excluding hydrogens is 386 g/mol. The zero-order valence-electron chi connectivity index (χ0n) is 13.7. The second-order valence-electron chi connectivity index (χ2n) is 5.10. The number of para-hydroxylation sites is 1. The quantitative estimate of drug-likeness (QED) is 0.523. The predicted molar refractivity (Wildman–Crippen MR) is 101 cm³/mol. The number of allylic oxidation sites excluding steroid dienone is 1. The fourth-order valence-electron chi connectivity index (χ4n) is 2.22. The fourth-order valence-corrected chi connectivity index (χ4v) is 2.60. The highest BCUT2D eigenvalue weighted by molar-refractivity contribution is 9.10. The van der Waals surface area contributed by atoms with Gasteiger partial charge in [-0.25, -0.2) is 4.79 Å². The van der Waals surface area contributed by atoms with E-state index < -0.39 is 12.6 Å². The number of hydrogen-bond donors (Lipinski definition) is 1. The Balaban J connectivity index is 2.39. The van der Waals surface area contributed by atoms with E-state index in [1.165, 1.54) is 7.11 Å². The van der Waals surface area contributed by atoms with Crippen molar-refractivity contribution in [3.05, 3.63) is 64.7 Å². The molecule has 25 heavy (non-hydrogen) atoms. The van der Waals surface area contributed by atoms with Crippen LogP contribution in [0, 0.1) is 0 Å². The standard InChI is InChI=1S/C19H18BrNO4/c1-3-6-14-9-13(11-21-16-8-5-4-7-15(16)20)10-17(24-2)19(14)25-12-18(22)23/h3-5,7-11H,1,6,12H2,2H3,(H,22,23). The first kappa shape index (κ1) is 18.7. The Morgan fingerprint density at radius 3 is 2.76 bits per heavy atom. The summed E-state index contributed by atoms with van der Waals surface area (Å²) in [7, 11) is 1.51. The van der Waals surface area contributed by atoms with Crippen LogP contribution >= 0.6 is 15.9 Å². The summed E-state index contributed by atoms with van der Waals surface area (Å²) in [5.74, 6) is -0.191. The molecule has 0 fully saturated rings. The number of nitrogens with zero attached hydrogens (tertiary/aromatic N) is 1. The molecule has 0 aromatic heterocycles. The summed E-state index contributed by atoms with van der Waals surface area (Å²) in [6.07, 6.45) is 3.95. The fraction of sp³-hybridized carbons (Fsp3) is 0.158. The van der Waals surface area contributed by atoms with Crippen LogP contribution in [0.2, 0.25) is 0 Å². The number of carboxylic acids is 1. The van der Waals surface area contributed by atoms with Gasteiger partial charge in [0.2, 0.25) is 0 Å². The zero-order valence-corrected chi connectivity index (χ0v) is 15.3. The maximum atomic E-state index is 10.8. The Labute approximate surface area is 154 Å². The third kappa shape index (κ3) is 5.19. The van der Waals surface area contributed by atoms with E-state index in [1.807, 2.05) is 30.3 Å². The molecule has 0 unspecified atom stereocenters. The smallest absolute Gasteiger partial charge is 0.341 e. The number of carbonyl (C=O) groups is 1. The van der Waals surface area contributed by atoms with Crippen molar-refractivity contribution in [1.29, 1.82) is 0 Å². The van der Waals surface area contributed by atoms with E-state index >= 15 is 0 Å². The maximum Gasteiger partial charge on any atom is 0.341 e. The number of ether oxygens (including phenoxy) is 2. The van der Waals surface area contributed by atoms with Crippen LogP contribution in [0.4, 0.5) is 5.69 Å². The monoisotopic (exact) mass is 403 g/mol. The van der Waals surface area contributed by atoms with Crippen LogP contribution in [0.25, 0.3) is 0 Å². The molecule has 130 valence electrons. The second-order valence-corrected chi connectivity index (χ2v) is 5.95. The minimum atomic E-state index is -1.05. The van der Waals surface area contributed by atoms with E-state index in [2.05, 4.69) is 27.5 Å². The number of benzene rings is 2. The number of halogens is 1. The highest BCUT2D eigenvalue weighted by atomic mass is 79.9. The van der Waals surface area contributed by atoms with E-state index in [0.717, 1.165) is 21.3 Å². The summed E-state index contributed by atoms with van der Waals surface area (Å²) in [4.78, 5) is 15.3. The Hall–Kier alpha value is -2.60. The summed E-state index contributed by atoms with van der Waals surface area (Å²) in [5, 5.41) is 8.84. The van der Waals surface area contributed by atoms with Crippen molar-refractivity contribution in [3.63, 3.8) is 0 Å². The van der Waals surface area contributed by atoms with Gasteiger partial charge in [0.15, 0.2) is 18.1 Å². The van der Waals surface area contributed by atoms with Crippen molar-refractivity contribution >= 4 is 33.8 Å². The van der Waals surface area contributed by atoms with E-state index in [9.17, 15) is 4.79 Å². The molecule has 0 radical (unpaired) electrons. The lowest BCUT2D eigenvalue weighted by atomic mass is 10.1. The molecule has 2 aromatic rings. The molecule has 0 atom stereocenters. The molecule has 0 saturated carbocycles. The molecule has 0 aliphatic heterocycles. The third-order valence-electron chi connectivity index (χ3n) is 3.28. The molecule has 2 rings (SSSR count). The number of rotatable bonds is 8. The number of aliphatic imine (C=N–C) groups is 1. The Morgan fingerprint density at radius 2 is 2.12 bits per heavy atom. The molecule has 0 saturated heterocycles. The van der Waals surface area contributed by atoms with Crippen molar-refractivity contribution in [2.24, 2.45) is 4.99 Å². The first-order valence-electron chi connectivity index (χ1n) is 7.50. The SMILES string of the molecule is C=CCc1cc(C=Nc2ccccc2Br)cc(OC)c1OCC(=O)O. The normalized spacial score (nSPS) is 10.6. The average molecular weight is 404 g/mol. The molecule has 0 heterocycles. The molecule has 2 aromatic carbocycles. The Bertz CT molecular complexity index is 802. The molecule has 0 aliphatic carbocycles. The van der Waals surface area contributed by atoms with Gasteiger partial charge in [0.25, 0.3) is 0 Å². The van der Waals surface area contributed by atoms with E-state index in [4.69, 9.17) is 14.6 Å². The van der Waals surface area contributed by atoms with Gasteiger partial charge in [-0.2, -0.15) is 0 Å². The van der Waals surface area contributed by atoms with Crippen LogP contribution in [0.15, 0.2) is 58.5 Å². The number of methoxy groups -OCH3 is 1. The molecule has 6 heteroatoms. The van der Waals surface area contributed by atoms with Crippen molar-refractivity contribution in [1.82, 2.24) is 0 Å². The second kappa shape index (κ2) is 9.03. The van der Waals surface area contributed by atoms with Crippen LogP contribution in [-0.4, -0.2) is 31.0 Å². The van der Waals surface area contributed by atoms with Gasteiger partial charge in [-0.1, -0.05) is 18.2 Å². The molecule has 0 bridgehead atoms. The van der Waals surface area contributed by atoms with Crippen LogP contribution in [0.5, 0.6) is 11.5 Å². The maximum absolute atomic E-state index is 10.8. The van der Waals surface area contributed by atoms with Gasteiger partial charge in [-0.3, -0.25) is 4.99 Å². The number of carboxylic acid groups (broad SMARTS) is 1. The molecule has 0 amide bonds. The lowest BCUT2D eigenvalue weighted by Gasteiger charge is -2.14. The summed E-state index contributed by atoms with van der Waals surface area (Å²) in [6, 6.07) is 11.3. The minimum absolute atomic E-state index is 0.405. The highest BCUT2D eigenvalue weighted by Crippen LogP contribution is 2.33. The van der Waals surface area contributed by atoms with Crippen LogP contribution < -0.4 is 9.47 Å². The van der Waals surface area contributed by atoms with Gasteiger partial charge >= 0.3 is 5.97 Å². The molecule has 0 spiro atoms. The number of hydrogen-bond acceptors (Lipinski definition) is 4. The van der Waals surface area contributed by atoms with E-state index in [1.54, 1.807) is 18.4 Å². The lowest BCUT2D eigenvalue weighted by molar-refractivity contribution is -0.139. The summed E-state index contributed by atoms with van der Waals surface area (Å²) >= 11 is 3.46. The predicted octanol–water partition coefficient (Wildman–Crippen LogP) is 4.40. The van der Waals surface area contributed by atoms with Gasteiger partial charge in [0, 0.05) is 16.3 Å². The van der Waals surface area contributed by atoms with Gasteiger partial charge in [-0.05, 0) is 52.2 Å². The van der Waals surface area contributed by atoms with Crippen LogP contribution in [-0.2, 0) is 11.2 Å². The zero-order chi connectivity index (χ0) is 18.2. The van der Waals surface area contributed by atoms with E-state index in [0.29, 0.717) is 17.9 Å². The van der Waals surface area contributed by atoms with Gasteiger partial charge < -0.3 is 14.6 Å². The minimum Gasteiger partial charge on any atom is -0.493 e. The van der Waals surface area contributed by atoms with Crippen LogP contribution in [0.1, 0.15) is 11.1 Å². The highest BCUT2D eigenvalue weighted by Gasteiger charge is 2.13. The number of aliphatic carboxylic acids is 1. The Kier molecular flexibility index (Phi) is 6.77. The third-order valence-corrected chi connectivity index (χ3v) is 3.95. The largest absolute Gasteiger partial charge is 0.493 e. The summed E-state index contributed by atoms with van der Waals surface area (Å²) < 4.78 is 11.6. The average Bonchev–Trinajstić information content (AvgIpc) is 2.59. The van der Waals surface area contributed by atoms with Gasteiger partial charge in [0.05, 0.1) is 12.8 Å². The first-order valence-corrected chi connectivity index (χ1v) is 8.29. The van der Waals surface area contributed by atoms with Crippen molar-refractivity contribution < 1.29 is 19.4 Å². The van der Waals surface area contributed by atoms with Crippen molar-refractivity contribution in [2.75, 3.05) is 13.7 Å². The van der Waals surface area contributed by atoms with Crippen molar-refractivity contribution in [3.8, 4) is 11.5 Å². The lowest BCUT2D eigenvalue weighted by Crippen LogP contribution is -2.11. The Morgan fingerprint density at radius 1 is 1.36 bits per heavy atom. The van der Waals surface area contributed by atoms with Crippen molar-refractivity contribution in [2.45, 2.75) is 6.42 Å². The molecule has 0 aliphatic rings. The molecular formula is C19H18BrNO4. The van der Waals surface area contributed by atoms with E-state index in [-0.39, 0.29) is 0 Å². The molecule has 1 N–H and O–H groups in total. The van der Waals surface area contributed by atoms with Gasteiger partial charge in [0.1, 0.15) is 0 Å². The summed E-state index contributed by atoms with van der Waals surface area (Å²) in [5.41, 5.74) is 2.40.